The van der Waals surface area contributed by atoms with Crippen molar-refractivity contribution in [3.63, 3.8) is 0 Å². The van der Waals surface area contributed by atoms with E-state index in [2.05, 4.69) is 11.6 Å². The summed E-state index contributed by atoms with van der Waals surface area (Å²) in [7, 11) is 3.51. The van der Waals surface area contributed by atoms with E-state index in [0.29, 0.717) is 23.9 Å². The van der Waals surface area contributed by atoms with E-state index in [1.54, 1.807) is 24.9 Å². The Morgan fingerprint density at radius 3 is 2.76 bits per heavy atom. The lowest BCUT2D eigenvalue weighted by Crippen LogP contribution is -2.10. The minimum Gasteiger partial charge on any atom is -0.493 e. The van der Waals surface area contributed by atoms with Crippen molar-refractivity contribution in [1.29, 1.82) is 0 Å². The Labute approximate surface area is 112 Å². The van der Waals surface area contributed by atoms with Crippen LogP contribution in [-0.2, 0) is 6.54 Å². The van der Waals surface area contributed by atoms with Gasteiger partial charge >= 0.3 is 0 Å². The molecule has 1 aromatic rings. The number of rotatable bonds is 7. The number of nitrogens with one attached hydrogen (secondary N) is 1. The van der Waals surface area contributed by atoms with Gasteiger partial charge in [-0.2, -0.15) is 11.8 Å². The number of benzene rings is 1. The van der Waals surface area contributed by atoms with E-state index in [-0.39, 0.29) is 0 Å². The summed E-state index contributed by atoms with van der Waals surface area (Å²) in [5, 5.41) is 3.75. The van der Waals surface area contributed by atoms with Gasteiger partial charge in [-0.1, -0.05) is 11.6 Å². The summed E-state index contributed by atoms with van der Waals surface area (Å²) in [4.78, 5) is 0. The molecule has 0 aliphatic carbocycles. The molecular formula is C12H18ClNO2S. The minimum absolute atomic E-state index is 0.657. The van der Waals surface area contributed by atoms with E-state index in [1.165, 1.54) is 0 Å². The summed E-state index contributed by atoms with van der Waals surface area (Å²) in [5.41, 5.74) is 1.01. The molecule has 17 heavy (non-hydrogen) atoms. The van der Waals surface area contributed by atoms with Crippen LogP contribution in [0, 0.1) is 0 Å². The predicted molar refractivity (Wildman–Crippen MR) is 74.6 cm³/mol. The summed E-state index contributed by atoms with van der Waals surface area (Å²) in [6.07, 6.45) is 2.05. The zero-order chi connectivity index (χ0) is 12.7. The lowest BCUT2D eigenvalue weighted by atomic mass is 10.2. The Morgan fingerprint density at radius 2 is 2.18 bits per heavy atom. The molecule has 0 atom stereocenters. The number of halogens is 1. The predicted octanol–water partition coefficient (Wildman–Crippen LogP) is 2.81. The molecular weight excluding hydrogens is 258 g/mol. The summed E-state index contributed by atoms with van der Waals surface area (Å²) in [6.45, 7) is 1.36. The first-order valence-corrected chi connectivity index (χ1v) is 7.12. The Morgan fingerprint density at radius 1 is 1.41 bits per heavy atom. The molecule has 0 fully saturated rings. The molecule has 0 bridgehead atoms. The highest BCUT2D eigenvalue weighted by atomic mass is 35.5. The first-order chi connectivity index (χ1) is 8.22. The van der Waals surface area contributed by atoms with Crippen molar-refractivity contribution < 1.29 is 9.47 Å². The summed E-state index contributed by atoms with van der Waals surface area (Å²) in [6, 6.07) is 3.67. The van der Waals surface area contributed by atoms with Gasteiger partial charge in [0.15, 0.2) is 11.5 Å². The van der Waals surface area contributed by atoms with Gasteiger partial charge in [0.1, 0.15) is 0 Å². The number of ether oxygens (including phenoxy) is 2. The van der Waals surface area contributed by atoms with Crippen molar-refractivity contribution in [2.75, 3.05) is 32.8 Å². The van der Waals surface area contributed by atoms with E-state index in [4.69, 9.17) is 21.1 Å². The van der Waals surface area contributed by atoms with Crippen molar-refractivity contribution in [2.24, 2.45) is 0 Å². The lowest BCUT2D eigenvalue weighted by Gasteiger charge is -2.15. The van der Waals surface area contributed by atoms with Gasteiger partial charge < -0.3 is 14.8 Å². The third-order valence-corrected chi connectivity index (χ3v) is 3.01. The largest absolute Gasteiger partial charge is 0.493 e. The van der Waals surface area contributed by atoms with Crippen LogP contribution in [0.4, 0.5) is 0 Å². The van der Waals surface area contributed by atoms with E-state index in [1.807, 2.05) is 13.1 Å². The van der Waals surface area contributed by atoms with Crippen molar-refractivity contribution >= 4 is 23.4 Å². The van der Waals surface area contributed by atoms with Crippen LogP contribution in [-0.4, -0.2) is 32.8 Å². The van der Waals surface area contributed by atoms with Crippen LogP contribution in [0.5, 0.6) is 11.5 Å². The quantitative estimate of drug-likeness (QED) is 0.775. The Hall–Kier alpha value is -0.580. The Kier molecular flexibility index (Phi) is 6.55. The SMILES string of the molecule is CNCc1cc(Cl)cc(OC)c1OCCSC. The fourth-order valence-electron chi connectivity index (χ4n) is 1.49. The van der Waals surface area contributed by atoms with Crippen molar-refractivity contribution in [1.82, 2.24) is 5.32 Å². The number of methoxy groups -OCH3 is 1. The molecule has 1 rings (SSSR count). The zero-order valence-electron chi connectivity index (χ0n) is 10.4. The van der Waals surface area contributed by atoms with Gasteiger partial charge in [0, 0.05) is 29.0 Å². The average molecular weight is 276 g/mol. The first-order valence-electron chi connectivity index (χ1n) is 5.35. The Bertz CT molecular complexity index is 361. The van der Waals surface area contributed by atoms with Crippen LogP contribution in [0.25, 0.3) is 0 Å². The normalized spacial score (nSPS) is 10.4. The maximum atomic E-state index is 6.03. The minimum atomic E-state index is 0.657. The smallest absolute Gasteiger partial charge is 0.165 e. The van der Waals surface area contributed by atoms with Crippen molar-refractivity contribution in [3.8, 4) is 11.5 Å². The van der Waals surface area contributed by atoms with Crippen LogP contribution < -0.4 is 14.8 Å². The molecule has 5 heteroatoms. The van der Waals surface area contributed by atoms with Gasteiger partial charge in [-0.3, -0.25) is 0 Å². The topological polar surface area (TPSA) is 30.5 Å². The molecule has 1 aromatic carbocycles. The average Bonchev–Trinajstić information content (AvgIpc) is 2.31. The lowest BCUT2D eigenvalue weighted by molar-refractivity contribution is 0.310. The second kappa shape index (κ2) is 7.69. The highest BCUT2D eigenvalue weighted by Crippen LogP contribution is 2.34. The number of hydrogen-bond acceptors (Lipinski definition) is 4. The molecule has 0 amide bonds. The Balaban J connectivity index is 2.94. The maximum Gasteiger partial charge on any atom is 0.165 e. The van der Waals surface area contributed by atoms with Gasteiger partial charge in [-0.05, 0) is 19.4 Å². The van der Waals surface area contributed by atoms with Gasteiger partial charge in [-0.25, -0.2) is 0 Å². The van der Waals surface area contributed by atoms with Crippen LogP contribution in [0.2, 0.25) is 5.02 Å². The molecule has 0 saturated heterocycles. The molecule has 3 nitrogen and oxygen atoms in total. The summed E-state index contributed by atoms with van der Waals surface area (Å²) < 4.78 is 11.1. The summed E-state index contributed by atoms with van der Waals surface area (Å²) >= 11 is 7.78. The van der Waals surface area contributed by atoms with E-state index in [0.717, 1.165) is 17.1 Å². The molecule has 1 N–H and O–H groups in total. The molecule has 0 heterocycles. The maximum absolute atomic E-state index is 6.03. The third-order valence-electron chi connectivity index (χ3n) is 2.22. The van der Waals surface area contributed by atoms with Crippen LogP contribution in [0.1, 0.15) is 5.56 Å². The van der Waals surface area contributed by atoms with E-state index < -0.39 is 0 Å². The van der Waals surface area contributed by atoms with Gasteiger partial charge in [0.05, 0.1) is 13.7 Å². The second-order valence-corrected chi connectivity index (χ2v) is 4.89. The van der Waals surface area contributed by atoms with Gasteiger partial charge in [-0.15, -0.1) is 0 Å². The molecule has 0 radical (unpaired) electrons. The molecule has 96 valence electrons. The molecule has 0 aliphatic heterocycles. The zero-order valence-corrected chi connectivity index (χ0v) is 12.0. The monoisotopic (exact) mass is 275 g/mol. The molecule has 0 aliphatic rings. The summed E-state index contributed by atoms with van der Waals surface area (Å²) in [5.74, 6) is 2.41. The first kappa shape index (κ1) is 14.5. The molecule has 0 unspecified atom stereocenters. The van der Waals surface area contributed by atoms with Gasteiger partial charge in [0.2, 0.25) is 0 Å². The van der Waals surface area contributed by atoms with Crippen LogP contribution in [0.3, 0.4) is 0 Å². The molecule has 0 saturated carbocycles. The van der Waals surface area contributed by atoms with Gasteiger partial charge in [0.25, 0.3) is 0 Å². The number of hydrogen-bond donors (Lipinski definition) is 1. The highest BCUT2D eigenvalue weighted by Gasteiger charge is 2.12. The van der Waals surface area contributed by atoms with Crippen molar-refractivity contribution in [3.05, 3.63) is 22.7 Å². The molecule has 0 aromatic heterocycles. The molecule has 0 spiro atoms. The third kappa shape index (κ3) is 4.30. The highest BCUT2D eigenvalue weighted by molar-refractivity contribution is 7.98. The van der Waals surface area contributed by atoms with E-state index in [9.17, 15) is 0 Å². The second-order valence-electron chi connectivity index (χ2n) is 3.47. The van der Waals surface area contributed by atoms with E-state index >= 15 is 0 Å². The van der Waals surface area contributed by atoms with Crippen LogP contribution in [0.15, 0.2) is 12.1 Å². The fraction of sp³-hybridized carbons (Fsp3) is 0.500. The van der Waals surface area contributed by atoms with Crippen molar-refractivity contribution in [2.45, 2.75) is 6.54 Å². The standard InChI is InChI=1S/C12H18ClNO2S/c1-14-8-9-6-10(13)7-11(15-2)12(9)16-4-5-17-3/h6-7,14H,4-5,8H2,1-3H3. The number of thioether (sulfide) groups is 1. The fourth-order valence-corrected chi connectivity index (χ4v) is 1.97. The van der Waals surface area contributed by atoms with Crippen LogP contribution >= 0.6 is 23.4 Å².